The first kappa shape index (κ1) is 14.5. The molecule has 5 nitrogen and oxygen atoms in total. The van der Waals surface area contributed by atoms with Gasteiger partial charge in [-0.2, -0.15) is 5.48 Å². The van der Waals surface area contributed by atoms with Crippen LogP contribution in [0, 0.1) is 0 Å². The minimum absolute atomic E-state index is 0.354. The molecule has 0 saturated carbocycles. The van der Waals surface area contributed by atoms with Gasteiger partial charge in [0, 0.05) is 5.56 Å². The summed E-state index contributed by atoms with van der Waals surface area (Å²) < 4.78 is 5.47. The topological polar surface area (TPSA) is 74.1 Å². The summed E-state index contributed by atoms with van der Waals surface area (Å²) in [5.41, 5.74) is 2.35. The van der Waals surface area contributed by atoms with E-state index in [1.165, 1.54) is 0 Å². The molecule has 3 N–H and O–H groups in total. The third-order valence-corrected chi connectivity index (χ3v) is 2.57. The van der Waals surface area contributed by atoms with Crippen LogP contribution in [0.4, 0.5) is 0 Å². The lowest BCUT2D eigenvalue weighted by Gasteiger charge is -2.23. The Hall–Kier alpha value is -1.59. The minimum atomic E-state index is -0.833. The second kappa shape index (κ2) is 6.37. The first-order valence-electron chi connectivity index (χ1n) is 5.92. The second-order valence-corrected chi connectivity index (χ2v) is 4.56. The van der Waals surface area contributed by atoms with Gasteiger partial charge in [-0.15, -0.1) is 0 Å². The van der Waals surface area contributed by atoms with Crippen LogP contribution >= 0.6 is 0 Å². The van der Waals surface area contributed by atoms with E-state index in [1.807, 2.05) is 19.1 Å². The van der Waals surface area contributed by atoms with Gasteiger partial charge in [0.1, 0.15) is 11.5 Å². The van der Waals surface area contributed by atoms with Gasteiger partial charge >= 0.3 is 0 Å². The van der Waals surface area contributed by atoms with Gasteiger partial charge in [-0.3, -0.25) is 0 Å². The Kier molecular flexibility index (Phi) is 5.12. The highest BCUT2D eigenvalue weighted by Gasteiger charge is 2.26. The molecule has 100 valence electrons. The van der Waals surface area contributed by atoms with E-state index < -0.39 is 5.54 Å². The molecule has 0 fully saturated rings. The van der Waals surface area contributed by atoms with Gasteiger partial charge in [0.05, 0.1) is 12.1 Å². The molecule has 0 heterocycles. The fraction of sp³-hybridized carbons (Fsp3) is 0.462. The molecule has 0 aromatic heterocycles. The van der Waals surface area contributed by atoms with Crippen LogP contribution in [-0.2, 0) is 0 Å². The average molecular weight is 252 g/mol. The monoisotopic (exact) mass is 252 g/mol. The van der Waals surface area contributed by atoms with Crippen LogP contribution in [0.15, 0.2) is 29.4 Å². The number of hydrogen-bond acceptors (Lipinski definition) is 5. The van der Waals surface area contributed by atoms with Crippen LogP contribution in [0.25, 0.3) is 0 Å². The van der Waals surface area contributed by atoms with Crippen LogP contribution in [0.5, 0.6) is 5.75 Å². The largest absolute Gasteiger partial charge is 0.494 e. The van der Waals surface area contributed by atoms with Crippen molar-refractivity contribution in [2.75, 3.05) is 6.61 Å². The standard InChI is InChI=1S/C13H20N2O3/c1-4-9-18-11-7-5-10(6-8-11)12(14-16)13(2,3)15-17/h5-8,15-17H,4,9H2,1-3H3/b14-12-. The van der Waals surface area contributed by atoms with Crippen LogP contribution in [-0.4, -0.2) is 28.3 Å². The van der Waals surface area contributed by atoms with E-state index in [-0.39, 0.29) is 0 Å². The quantitative estimate of drug-likeness (QED) is 0.413. The molecular formula is C13H20N2O3. The van der Waals surface area contributed by atoms with Gasteiger partial charge in [-0.25, -0.2) is 0 Å². The highest BCUT2D eigenvalue weighted by Crippen LogP contribution is 2.18. The molecule has 5 heteroatoms. The smallest absolute Gasteiger partial charge is 0.119 e. The van der Waals surface area contributed by atoms with Crippen molar-refractivity contribution in [2.24, 2.45) is 5.16 Å². The number of nitrogens with one attached hydrogen (secondary N) is 1. The van der Waals surface area contributed by atoms with E-state index in [1.54, 1.807) is 26.0 Å². The van der Waals surface area contributed by atoms with E-state index in [0.717, 1.165) is 12.2 Å². The summed E-state index contributed by atoms with van der Waals surface area (Å²) in [6.45, 7) is 6.14. The molecule has 1 aromatic rings. The number of rotatable bonds is 6. The highest BCUT2D eigenvalue weighted by molar-refractivity contribution is 6.06. The minimum Gasteiger partial charge on any atom is -0.494 e. The number of ether oxygens (including phenoxy) is 1. The first-order chi connectivity index (χ1) is 8.55. The molecule has 0 aliphatic carbocycles. The predicted octanol–water partition coefficient (Wildman–Crippen LogP) is 2.41. The molecule has 18 heavy (non-hydrogen) atoms. The molecule has 1 aromatic carbocycles. The van der Waals surface area contributed by atoms with Crippen molar-refractivity contribution in [3.8, 4) is 5.75 Å². The zero-order chi connectivity index (χ0) is 13.6. The fourth-order valence-electron chi connectivity index (χ4n) is 1.53. The Morgan fingerprint density at radius 3 is 2.39 bits per heavy atom. The van der Waals surface area contributed by atoms with Crippen LogP contribution in [0.3, 0.4) is 0 Å². The lowest BCUT2D eigenvalue weighted by molar-refractivity contribution is 0.113. The summed E-state index contributed by atoms with van der Waals surface area (Å²) >= 11 is 0. The molecule has 0 aliphatic heterocycles. The number of oxime groups is 1. The molecule has 0 atom stereocenters. The van der Waals surface area contributed by atoms with Crippen molar-refractivity contribution in [1.29, 1.82) is 0 Å². The average Bonchev–Trinajstić information content (AvgIpc) is 2.38. The van der Waals surface area contributed by atoms with Crippen molar-refractivity contribution < 1.29 is 15.2 Å². The molecule has 0 amide bonds. The summed E-state index contributed by atoms with van der Waals surface area (Å²) in [6.07, 6.45) is 0.951. The van der Waals surface area contributed by atoms with Crippen LogP contribution in [0.1, 0.15) is 32.8 Å². The van der Waals surface area contributed by atoms with Crippen molar-refractivity contribution in [3.05, 3.63) is 29.8 Å². The van der Waals surface area contributed by atoms with Gasteiger partial charge in [0.25, 0.3) is 0 Å². The van der Waals surface area contributed by atoms with E-state index in [0.29, 0.717) is 17.9 Å². The van der Waals surface area contributed by atoms with E-state index in [2.05, 4.69) is 10.6 Å². The Morgan fingerprint density at radius 2 is 1.94 bits per heavy atom. The lowest BCUT2D eigenvalue weighted by Crippen LogP contribution is -2.45. The molecule has 0 aliphatic rings. The zero-order valence-corrected chi connectivity index (χ0v) is 11.0. The Morgan fingerprint density at radius 1 is 1.33 bits per heavy atom. The van der Waals surface area contributed by atoms with Crippen molar-refractivity contribution in [2.45, 2.75) is 32.7 Å². The molecule has 0 saturated heterocycles. The molecule has 0 radical (unpaired) electrons. The normalized spacial score (nSPS) is 12.6. The van der Waals surface area contributed by atoms with E-state index in [9.17, 15) is 0 Å². The predicted molar refractivity (Wildman–Crippen MR) is 69.6 cm³/mol. The Balaban J connectivity index is 2.90. The fourth-order valence-corrected chi connectivity index (χ4v) is 1.53. The summed E-state index contributed by atoms with van der Waals surface area (Å²) in [5.74, 6) is 0.771. The SMILES string of the molecule is CCCOc1ccc(/C(=N/O)C(C)(C)NO)cc1. The van der Waals surface area contributed by atoms with E-state index >= 15 is 0 Å². The second-order valence-electron chi connectivity index (χ2n) is 4.56. The van der Waals surface area contributed by atoms with E-state index in [4.69, 9.17) is 15.2 Å². The van der Waals surface area contributed by atoms with Crippen LogP contribution in [0.2, 0.25) is 0 Å². The van der Waals surface area contributed by atoms with Gasteiger partial charge in [0.2, 0.25) is 0 Å². The third-order valence-electron chi connectivity index (χ3n) is 2.57. The summed E-state index contributed by atoms with van der Waals surface area (Å²) in [4.78, 5) is 0. The number of nitrogens with zero attached hydrogens (tertiary/aromatic N) is 1. The molecule has 0 spiro atoms. The summed E-state index contributed by atoms with van der Waals surface area (Å²) in [6, 6.07) is 7.20. The molecule has 0 unspecified atom stereocenters. The number of hydrogen-bond donors (Lipinski definition) is 3. The third kappa shape index (κ3) is 3.45. The van der Waals surface area contributed by atoms with Crippen molar-refractivity contribution in [3.63, 3.8) is 0 Å². The molecular weight excluding hydrogens is 232 g/mol. The van der Waals surface area contributed by atoms with Gasteiger partial charge < -0.3 is 15.2 Å². The van der Waals surface area contributed by atoms with Gasteiger partial charge in [0.15, 0.2) is 0 Å². The maximum absolute atomic E-state index is 9.06. The zero-order valence-electron chi connectivity index (χ0n) is 11.0. The first-order valence-corrected chi connectivity index (χ1v) is 5.92. The van der Waals surface area contributed by atoms with Gasteiger partial charge in [-0.1, -0.05) is 12.1 Å². The number of benzene rings is 1. The molecule has 1 rings (SSSR count). The van der Waals surface area contributed by atoms with Crippen molar-refractivity contribution in [1.82, 2.24) is 5.48 Å². The lowest BCUT2D eigenvalue weighted by atomic mass is 9.93. The highest BCUT2D eigenvalue weighted by atomic mass is 16.5. The summed E-state index contributed by atoms with van der Waals surface area (Å²) in [5, 5.41) is 21.4. The van der Waals surface area contributed by atoms with Crippen LogP contribution < -0.4 is 10.2 Å². The molecule has 0 bridgehead atoms. The Bertz CT molecular complexity index is 399. The summed E-state index contributed by atoms with van der Waals surface area (Å²) in [7, 11) is 0. The van der Waals surface area contributed by atoms with Crippen molar-refractivity contribution >= 4 is 5.71 Å². The maximum Gasteiger partial charge on any atom is 0.119 e. The van der Waals surface area contributed by atoms with Gasteiger partial charge in [-0.05, 0) is 44.5 Å². The Labute approximate surface area is 107 Å². The number of hydroxylamine groups is 1. The maximum atomic E-state index is 9.06.